The van der Waals surface area contributed by atoms with Crippen LogP contribution in [-0.4, -0.2) is 28.7 Å². The summed E-state index contributed by atoms with van der Waals surface area (Å²) in [5.74, 6) is 0. The van der Waals surface area contributed by atoms with Crippen LogP contribution in [0.3, 0.4) is 0 Å². The number of nitrogens with zero attached hydrogens (tertiary/aromatic N) is 1. The highest BCUT2D eigenvalue weighted by Crippen LogP contribution is 2.26. The van der Waals surface area contributed by atoms with Gasteiger partial charge in [0.2, 0.25) is 0 Å². The van der Waals surface area contributed by atoms with Crippen LogP contribution in [0.2, 0.25) is 0 Å². The van der Waals surface area contributed by atoms with Gasteiger partial charge in [-0.15, -0.1) is 0 Å². The van der Waals surface area contributed by atoms with Crippen LogP contribution < -0.4 is 5.63 Å². The van der Waals surface area contributed by atoms with E-state index in [2.05, 4.69) is 20.8 Å². The van der Waals surface area contributed by atoms with Gasteiger partial charge in [-0.3, -0.25) is 4.90 Å². The summed E-state index contributed by atoms with van der Waals surface area (Å²) in [5.41, 5.74) is 0.587. The summed E-state index contributed by atoms with van der Waals surface area (Å²) < 4.78 is 6.09. The molecule has 1 aromatic heterocycles. The fraction of sp³-hybridized carbons (Fsp3) is 0.357. The minimum absolute atomic E-state index is 0.340. The zero-order valence-corrected chi connectivity index (χ0v) is 12.1. The Morgan fingerprint density at radius 3 is 2.84 bits per heavy atom. The highest BCUT2D eigenvalue weighted by atomic mass is 79.9. The second-order valence-electron chi connectivity index (χ2n) is 5.37. The van der Waals surface area contributed by atoms with Crippen molar-refractivity contribution in [3.05, 3.63) is 44.7 Å². The molecule has 4 nitrogen and oxygen atoms in total. The summed E-state index contributed by atoms with van der Waals surface area (Å²) in [6.07, 6.45) is 0. The maximum absolute atomic E-state index is 11.6. The molecule has 0 radical (unpaired) electrons. The zero-order valence-electron chi connectivity index (χ0n) is 10.5. The van der Waals surface area contributed by atoms with Gasteiger partial charge in [0.15, 0.2) is 0 Å². The quantitative estimate of drug-likeness (QED) is 0.860. The lowest BCUT2D eigenvalue weighted by Crippen LogP contribution is -2.59. The van der Waals surface area contributed by atoms with Gasteiger partial charge >= 0.3 is 5.63 Å². The molecular formula is C14H14BrNO3. The standard InChI is InChI=1S/C14H14BrNO3/c1-14(18)7-16(8-14)6-9-4-13(17)19-12-5-10(15)2-3-11(9)12/h2-5,18H,6-8H2,1H3. The second-order valence-corrected chi connectivity index (χ2v) is 6.29. The molecule has 5 heteroatoms. The molecule has 0 atom stereocenters. The van der Waals surface area contributed by atoms with Crippen molar-refractivity contribution in [3.63, 3.8) is 0 Å². The first-order valence-corrected chi connectivity index (χ1v) is 6.89. The van der Waals surface area contributed by atoms with E-state index >= 15 is 0 Å². The first kappa shape index (κ1) is 12.8. The molecule has 0 bridgehead atoms. The van der Waals surface area contributed by atoms with Crippen LogP contribution >= 0.6 is 15.9 Å². The maximum atomic E-state index is 11.6. The van der Waals surface area contributed by atoms with Crippen LogP contribution in [0.1, 0.15) is 12.5 Å². The number of benzene rings is 1. The van der Waals surface area contributed by atoms with Gasteiger partial charge in [0, 0.05) is 35.6 Å². The normalized spacial score (nSPS) is 18.5. The Hall–Kier alpha value is -1.17. The third-order valence-corrected chi connectivity index (χ3v) is 3.81. The highest BCUT2D eigenvalue weighted by molar-refractivity contribution is 9.10. The van der Waals surface area contributed by atoms with E-state index in [1.54, 1.807) is 6.07 Å². The topological polar surface area (TPSA) is 53.7 Å². The van der Waals surface area contributed by atoms with E-state index in [0.29, 0.717) is 25.2 Å². The number of rotatable bonds is 2. The lowest BCUT2D eigenvalue weighted by Gasteiger charge is -2.44. The van der Waals surface area contributed by atoms with Crippen molar-refractivity contribution in [2.24, 2.45) is 0 Å². The monoisotopic (exact) mass is 323 g/mol. The molecule has 2 heterocycles. The van der Waals surface area contributed by atoms with Crippen molar-refractivity contribution >= 4 is 26.9 Å². The van der Waals surface area contributed by atoms with Crippen LogP contribution in [0, 0.1) is 0 Å². The lowest BCUT2D eigenvalue weighted by molar-refractivity contribution is -0.0870. The number of hydrogen-bond acceptors (Lipinski definition) is 4. The fourth-order valence-corrected chi connectivity index (χ4v) is 2.94. The molecule has 1 aliphatic rings. The largest absolute Gasteiger partial charge is 0.423 e. The summed E-state index contributed by atoms with van der Waals surface area (Å²) in [7, 11) is 0. The molecule has 0 aliphatic carbocycles. The molecular weight excluding hydrogens is 310 g/mol. The first-order chi connectivity index (χ1) is 8.93. The summed E-state index contributed by atoms with van der Waals surface area (Å²) in [6.45, 7) is 3.73. The Bertz CT molecular complexity index is 685. The number of likely N-dealkylation sites (tertiary alicyclic amines) is 1. The molecule has 3 rings (SSSR count). The van der Waals surface area contributed by atoms with Crippen LogP contribution in [0.15, 0.2) is 37.9 Å². The smallest absolute Gasteiger partial charge is 0.336 e. The minimum atomic E-state index is -0.599. The van der Waals surface area contributed by atoms with Crippen molar-refractivity contribution in [2.45, 2.75) is 19.1 Å². The van der Waals surface area contributed by atoms with Crippen molar-refractivity contribution < 1.29 is 9.52 Å². The predicted octanol–water partition coefficient (Wildman–Crippen LogP) is 2.12. The van der Waals surface area contributed by atoms with Crippen LogP contribution in [0.25, 0.3) is 11.0 Å². The van der Waals surface area contributed by atoms with Gasteiger partial charge in [0.1, 0.15) is 5.58 Å². The van der Waals surface area contributed by atoms with Gasteiger partial charge in [0.05, 0.1) is 5.60 Å². The molecule has 19 heavy (non-hydrogen) atoms. The Balaban J connectivity index is 1.97. The van der Waals surface area contributed by atoms with Gasteiger partial charge in [-0.1, -0.05) is 15.9 Å². The van der Waals surface area contributed by atoms with E-state index in [1.165, 1.54) is 6.07 Å². The van der Waals surface area contributed by atoms with Gasteiger partial charge in [-0.2, -0.15) is 0 Å². The average Bonchev–Trinajstić information content (AvgIpc) is 2.25. The molecule has 0 spiro atoms. The summed E-state index contributed by atoms with van der Waals surface area (Å²) in [6, 6.07) is 7.20. The van der Waals surface area contributed by atoms with E-state index in [9.17, 15) is 9.90 Å². The van der Waals surface area contributed by atoms with E-state index in [0.717, 1.165) is 15.4 Å². The third-order valence-electron chi connectivity index (χ3n) is 3.31. The van der Waals surface area contributed by atoms with E-state index in [-0.39, 0.29) is 5.63 Å². The number of aliphatic hydroxyl groups is 1. The molecule has 1 aromatic carbocycles. The number of hydrogen-bond donors (Lipinski definition) is 1. The molecule has 0 amide bonds. The molecule has 2 aromatic rings. The van der Waals surface area contributed by atoms with E-state index in [4.69, 9.17) is 4.42 Å². The third kappa shape index (κ3) is 2.59. The predicted molar refractivity (Wildman–Crippen MR) is 76.1 cm³/mol. The average molecular weight is 324 g/mol. The summed E-state index contributed by atoms with van der Waals surface area (Å²) in [4.78, 5) is 13.7. The van der Waals surface area contributed by atoms with Gasteiger partial charge in [-0.05, 0) is 30.7 Å². The number of β-amino-alcohol motifs (C(OH)–C–C–N with tert-alkyl or cyclic N) is 1. The van der Waals surface area contributed by atoms with Crippen molar-refractivity contribution in [2.75, 3.05) is 13.1 Å². The lowest BCUT2D eigenvalue weighted by atomic mass is 9.96. The van der Waals surface area contributed by atoms with Gasteiger partial charge < -0.3 is 9.52 Å². The fourth-order valence-electron chi connectivity index (χ4n) is 2.60. The molecule has 1 N–H and O–H groups in total. The van der Waals surface area contributed by atoms with E-state index in [1.807, 2.05) is 19.1 Å². The molecule has 0 unspecified atom stereocenters. The van der Waals surface area contributed by atoms with Crippen molar-refractivity contribution in [1.82, 2.24) is 4.90 Å². The van der Waals surface area contributed by atoms with Crippen LogP contribution in [0.4, 0.5) is 0 Å². The SMILES string of the molecule is CC1(O)CN(Cc2cc(=O)oc3cc(Br)ccc23)C1. The van der Waals surface area contributed by atoms with Crippen LogP contribution in [-0.2, 0) is 6.54 Å². The summed E-state index contributed by atoms with van der Waals surface area (Å²) >= 11 is 3.37. The maximum Gasteiger partial charge on any atom is 0.336 e. The van der Waals surface area contributed by atoms with Crippen molar-refractivity contribution in [3.8, 4) is 0 Å². The number of fused-ring (bicyclic) bond motifs is 1. The second kappa shape index (κ2) is 4.44. The van der Waals surface area contributed by atoms with Crippen molar-refractivity contribution in [1.29, 1.82) is 0 Å². The van der Waals surface area contributed by atoms with Gasteiger partial charge in [-0.25, -0.2) is 4.79 Å². The Labute approximate surface area is 118 Å². The summed E-state index contributed by atoms with van der Waals surface area (Å²) in [5, 5.41) is 10.7. The Morgan fingerprint density at radius 2 is 2.16 bits per heavy atom. The minimum Gasteiger partial charge on any atom is -0.423 e. The molecule has 1 fully saturated rings. The number of halogens is 1. The Morgan fingerprint density at radius 1 is 1.42 bits per heavy atom. The molecule has 0 saturated carbocycles. The molecule has 1 aliphatic heterocycles. The van der Waals surface area contributed by atoms with Crippen LogP contribution in [0.5, 0.6) is 0 Å². The molecule has 100 valence electrons. The Kier molecular flexibility index (Phi) is 3.00. The highest BCUT2D eigenvalue weighted by Gasteiger charge is 2.36. The van der Waals surface area contributed by atoms with Gasteiger partial charge in [0.25, 0.3) is 0 Å². The van der Waals surface area contributed by atoms with E-state index < -0.39 is 5.60 Å². The molecule has 1 saturated heterocycles. The first-order valence-electron chi connectivity index (χ1n) is 6.10. The zero-order chi connectivity index (χ0) is 13.6.